The maximum absolute atomic E-state index is 12.1. The molecule has 3 rings (SSSR count). The molecule has 0 saturated carbocycles. The third-order valence-electron chi connectivity index (χ3n) is 4.17. The Balaban J connectivity index is 1.70. The molecule has 1 aliphatic heterocycles. The first-order valence-electron chi connectivity index (χ1n) is 8.59. The van der Waals surface area contributed by atoms with Crippen molar-refractivity contribution in [2.75, 3.05) is 21.0 Å². The number of nitrogens with zero attached hydrogens (tertiary/aromatic N) is 1. The summed E-state index contributed by atoms with van der Waals surface area (Å²) in [5.74, 6) is 0.947. The van der Waals surface area contributed by atoms with Gasteiger partial charge in [0.25, 0.3) is 5.69 Å². The number of nitro groups is 1. The van der Waals surface area contributed by atoms with E-state index in [0.717, 1.165) is 0 Å². The van der Waals surface area contributed by atoms with Gasteiger partial charge in [-0.3, -0.25) is 10.1 Å². The highest BCUT2D eigenvalue weighted by molar-refractivity contribution is 5.87. The summed E-state index contributed by atoms with van der Waals surface area (Å²) in [6, 6.07) is 7.91. The van der Waals surface area contributed by atoms with E-state index in [2.05, 4.69) is 0 Å². The van der Waals surface area contributed by atoms with Crippen molar-refractivity contribution in [2.45, 2.75) is 13.2 Å². The molecule has 2 aromatic rings. The summed E-state index contributed by atoms with van der Waals surface area (Å²) in [5, 5.41) is 11.1. The molecule has 0 amide bonds. The van der Waals surface area contributed by atoms with Crippen molar-refractivity contribution in [3.63, 3.8) is 0 Å². The zero-order valence-corrected chi connectivity index (χ0v) is 15.9. The van der Waals surface area contributed by atoms with Gasteiger partial charge in [-0.15, -0.1) is 0 Å². The van der Waals surface area contributed by atoms with Gasteiger partial charge in [-0.25, -0.2) is 4.79 Å². The minimum atomic E-state index is -0.605. The molecular weight excluding hydrogens is 382 g/mol. The fourth-order valence-electron chi connectivity index (χ4n) is 2.81. The number of hydrogen-bond acceptors (Lipinski definition) is 8. The number of rotatable bonds is 7. The van der Waals surface area contributed by atoms with Crippen LogP contribution >= 0.6 is 0 Å². The van der Waals surface area contributed by atoms with Gasteiger partial charge in [-0.05, 0) is 23.8 Å². The molecule has 1 aliphatic rings. The van der Waals surface area contributed by atoms with Crippen LogP contribution in [0.2, 0.25) is 0 Å². The summed E-state index contributed by atoms with van der Waals surface area (Å²) in [4.78, 5) is 22.7. The molecule has 0 bridgehead atoms. The Morgan fingerprint density at radius 2 is 2.00 bits per heavy atom. The van der Waals surface area contributed by atoms with E-state index in [9.17, 15) is 14.9 Å². The summed E-state index contributed by atoms with van der Waals surface area (Å²) in [5.41, 5.74) is 1.54. The Kier molecular flexibility index (Phi) is 6.30. The van der Waals surface area contributed by atoms with E-state index in [1.165, 1.54) is 32.4 Å². The predicted molar refractivity (Wildman–Crippen MR) is 102 cm³/mol. The number of carbonyl (C=O) groups excluding carboxylic acids is 1. The Labute approximate surface area is 166 Å². The zero-order chi connectivity index (χ0) is 20.8. The van der Waals surface area contributed by atoms with Crippen LogP contribution in [0.1, 0.15) is 16.7 Å². The van der Waals surface area contributed by atoms with Crippen molar-refractivity contribution in [1.82, 2.24) is 0 Å². The lowest BCUT2D eigenvalue weighted by molar-refractivity contribution is -0.385. The van der Waals surface area contributed by atoms with Crippen LogP contribution in [0, 0.1) is 10.1 Å². The van der Waals surface area contributed by atoms with E-state index in [1.807, 2.05) is 0 Å². The number of benzene rings is 2. The average molecular weight is 401 g/mol. The number of methoxy groups -OCH3 is 2. The minimum absolute atomic E-state index is 0.0327. The monoisotopic (exact) mass is 401 g/mol. The van der Waals surface area contributed by atoms with E-state index in [1.54, 1.807) is 24.3 Å². The van der Waals surface area contributed by atoms with Gasteiger partial charge in [0.1, 0.15) is 12.4 Å². The smallest absolute Gasteiger partial charge is 0.331 e. The molecule has 0 fully saturated rings. The van der Waals surface area contributed by atoms with Crippen molar-refractivity contribution >= 4 is 17.7 Å². The van der Waals surface area contributed by atoms with Gasteiger partial charge < -0.3 is 23.7 Å². The first kappa shape index (κ1) is 20.2. The van der Waals surface area contributed by atoms with Gasteiger partial charge >= 0.3 is 5.97 Å². The molecule has 0 N–H and O–H groups in total. The number of hydrogen-bond donors (Lipinski definition) is 0. The third kappa shape index (κ3) is 4.82. The fourth-order valence-corrected chi connectivity index (χ4v) is 2.81. The van der Waals surface area contributed by atoms with Crippen LogP contribution in [-0.4, -0.2) is 31.9 Å². The molecule has 2 aromatic carbocycles. The molecule has 0 aromatic heterocycles. The van der Waals surface area contributed by atoms with E-state index < -0.39 is 10.9 Å². The third-order valence-corrected chi connectivity index (χ3v) is 4.17. The van der Waals surface area contributed by atoms with Crippen molar-refractivity contribution in [1.29, 1.82) is 0 Å². The van der Waals surface area contributed by atoms with E-state index in [4.69, 9.17) is 23.7 Å². The fraction of sp³-hybridized carbons (Fsp3) is 0.250. The maximum Gasteiger partial charge on any atom is 0.331 e. The highest BCUT2D eigenvalue weighted by Gasteiger charge is 2.21. The van der Waals surface area contributed by atoms with E-state index >= 15 is 0 Å². The Bertz CT molecular complexity index is 954. The van der Waals surface area contributed by atoms with Crippen molar-refractivity contribution in [3.05, 3.63) is 63.2 Å². The second-order valence-electron chi connectivity index (χ2n) is 6.02. The molecular formula is C20H19NO8. The number of fused-ring (bicyclic) bond motifs is 1. The highest BCUT2D eigenvalue weighted by atomic mass is 16.7. The number of esters is 1. The summed E-state index contributed by atoms with van der Waals surface area (Å²) >= 11 is 0. The molecule has 29 heavy (non-hydrogen) atoms. The minimum Gasteiger partial charge on any atom is -0.493 e. The quantitative estimate of drug-likeness (QED) is 0.301. The molecule has 0 saturated heterocycles. The van der Waals surface area contributed by atoms with E-state index in [0.29, 0.717) is 33.9 Å². The number of non-ortho nitro benzene ring substituents is 1. The average Bonchev–Trinajstić information content (AvgIpc) is 2.75. The van der Waals surface area contributed by atoms with Crippen molar-refractivity contribution in [3.8, 4) is 17.2 Å². The van der Waals surface area contributed by atoms with Gasteiger partial charge in [0.2, 0.25) is 0 Å². The second-order valence-corrected chi connectivity index (χ2v) is 6.02. The molecule has 0 radical (unpaired) electrons. The van der Waals surface area contributed by atoms with Gasteiger partial charge in [0.05, 0.1) is 25.7 Å². The lowest BCUT2D eigenvalue weighted by atomic mass is 10.1. The largest absolute Gasteiger partial charge is 0.493 e. The first-order valence-corrected chi connectivity index (χ1v) is 8.59. The Morgan fingerprint density at radius 3 is 2.72 bits per heavy atom. The normalized spacial score (nSPS) is 12.8. The van der Waals surface area contributed by atoms with Crippen molar-refractivity contribution < 1.29 is 33.4 Å². The van der Waals surface area contributed by atoms with Crippen LogP contribution in [0.3, 0.4) is 0 Å². The first-order chi connectivity index (χ1) is 14.0. The van der Waals surface area contributed by atoms with Crippen LogP contribution in [0.25, 0.3) is 6.08 Å². The summed E-state index contributed by atoms with van der Waals surface area (Å²) in [6.45, 7) is 0.0568. The molecule has 0 spiro atoms. The van der Waals surface area contributed by atoms with Crippen LogP contribution < -0.4 is 14.2 Å². The van der Waals surface area contributed by atoms with Gasteiger partial charge in [-0.1, -0.05) is 6.07 Å². The number of ether oxygens (including phenoxy) is 5. The molecule has 0 atom stereocenters. The SMILES string of the molecule is COc1ccc(/C=C/C(=O)OCc2cc([N+](=O)[O-])cc3c2OCOC3)cc1OC. The summed E-state index contributed by atoms with van der Waals surface area (Å²) < 4.78 is 26.2. The lowest BCUT2D eigenvalue weighted by Crippen LogP contribution is -2.14. The molecule has 0 unspecified atom stereocenters. The summed E-state index contributed by atoms with van der Waals surface area (Å²) in [7, 11) is 3.06. The van der Waals surface area contributed by atoms with E-state index in [-0.39, 0.29) is 25.7 Å². The van der Waals surface area contributed by atoms with Crippen molar-refractivity contribution in [2.24, 2.45) is 0 Å². The van der Waals surface area contributed by atoms with Crippen LogP contribution in [0.4, 0.5) is 5.69 Å². The number of nitro benzene ring substituents is 1. The maximum atomic E-state index is 12.1. The van der Waals surface area contributed by atoms with Crippen LogP contribution in [-0.2, 0) is 27.5 Å². The van der Waals surface area contributed by atoms with Gasteiger partial charge in [-0.2, -0.15) is 0 Å². The lowest BCUT2D eigenvalue weighted by Gasteiger charge is -2.20. The van der Waals surface area contributed by atoms with Crippen LogP contribution in [0.5, 0.6) is 17.2 Å². The summed E-state index contributed by atoms with van der Waals surface area (Å²) in [6.07, 6.45) is 2.83. The zero-order valence-electron chi connectivity index (χ0n) is 15.9. The Morgan fingerprint density at radius 1 is 1.21 bits per heavy atom. The van der Waals surface area contributed by atoms with Gasteiger partial charge in [0.15, 0.2) is 18.3 Å². The predicted octanol–water partition coefficient (Wildman–Crippen LogP) is 3.24. The molecule has 1 heterocycles. The molecule has 9 nitrogen and oxygen atoms in total. The molecule has 0 aliphatic carbocycles. The standard InChI is InChI=1S/C20H19NO8/c1-25-17-5-3-13(7-18(17)26-2)4-6-19(22)28-11-15-9-16(21(23)24)8-14-10-27-12-29-20(14)15/h3-9H,10-12H2,1-2H3/b6-4+. The molecule has 152 valence electrons. The topological polar surface area (TPSA) is 106 Å². The molecule has 9 heteroatoms. The Hall–Kier alpha value is -3.59. The van der Waals surface area contributed by atoms with Gasteiger partial charge in [0, 0.05) is 29.3 Å². The number of carbonyl (C=O) groups is 1. The van der Waals surface area contributed by atoms with Crippen LogP contribution in [0.15, 0.2) is 36.4 Å². The highest BCUT2D eigenvalue weighted by Crippen LogP contribution is 2.33. The second kappa shape index (κ2) is 9.07.